The van der Waals surface area contributed by atoms with Crippen molar-refractivity contribution < 1.29 is 4.74 Å². The molecule has 0 amide bonds. The average Bonchev–Trinajstić information content (AvgIpc) is 2.17. The molecule has 1 aliphatic rings. The summed E-state index contributed by atoms with van der Waals surface area (Å²) in [7, 11) is 1.61. The molecule has 4 heteroatoms. The largest absolute Gasteiger partial charge is 0.481 e. The summed E-state index contributed by atoms with van der Waals surface area (Å²) in [5.74, 6) is 1.13. The van der Waals surface area contributed by atoms with Crippen LogP contribution in [0.25, 0.3) is 0 Å². The van der Waals surface area contributed by atoms with Gasteiger partial charge in [-0.15, -0.1) is 0 Å². The third kappa shape index (κ3) is 1.94. The summed E-state index contributed by atoms with van der Waals surface area (Å²) >= 11 is 6.17. The van der Waals surface area contributed by atoms with Crippen LogP contribution in [0, 0.1) is 0 Å². The minimum absolute atomic E-state index is 0.404. The molecular formula is C11H15ClN2O. The predicted octanol–water partition coefficient (Wildman–Crippen LogP) is 2.47. The van der Waals surface area contributed by atoms with Crippen LogP contribution in [-0.4, -0.2) is 12.1 Å². The number of nitrogens with two attached hydrogens (primary N) is 1. The second-order valence-corrected chi connectivity index (χ2v) is 4.26. The Labute approximate surface area is 94.6 Å². The molecule has 0 spiro atoms. The molecule has 1 aromatic rings. The van der Waals surface area contributed by atoms with Crippen LogP contribution >= 0.6 is 11.6 Å². The Hall–Kier alpha value is -0.800. The number of methoxy groups -OCH3 is 1. The minimum Gasteiger partial charge on any atom is -0.481 e. The van der Waals surface area contributed by atoms with Gasteiger partial charge in [-0.1, -0.05) is 18.0 Å². The lowest BCUT2D eigenvalue weighted by Gasteiger charge is -2.26. The van der Waals surface area contributed by atoms with E-state index in [9.17, 15) is 0 Å². The number of halogens is 1. The van der Waals surface area contributed by atoms with Gasteiger partial charge in [-0.05, 0) is 18.9 Å². The molecule has 0 unspecified atom stereocenters. The lowest BCUT2D eigenvalue weighted by atomic mass is 9.82. The van der Waals surface area contributed by atoms with Crippen molar-refractivity contribution in [3.05, 3.63) is 22.3 Å². The number of nitrogens with zero attached hydrogens (tertiary/aromatic N) is 1. The Balaban J connectivity index is 2.38. The lowest BCUT2D eigenvalue weighted by Crippen LogP contribution is -2.13. The van der Waals surface area contributed by atoms with Crippen LogP contribution in [0.2, 0.25) is 5.02 Å². The standard InChI is InChI=1S/C11H15ClN2O/c1-15-11-8(6-13)5-9(12)10(14-11)7-3-2-4-7/h5,7H,2-4,6,13H2,1H3. The first kappa shape index (κ1) is 10.7. The first-order valence-corrected chi connectivity index (χ1v) is 5.57. The molecule has 0 saturated heterocycles. The van der Waals surface area contributed by atoms with E-state index in [1.807, 2.05) is 6.07 Å². The van der Waals surface area contributed by atoms with E-state index < -0.39 is 0 Å². The Morgan fingerprint density at radius 3 is 2.80 bits per heavy atom. The van der Waals surface area contributed by atoms with Crippen LogP contribution in [-0.2, 0) is 6.54 Å². The molecule has 1 aliphatic carbocycles. The van der Waals surface area contributed by atoms with Gasteiger partial charge in [0.1, 0.15) is 0 Å². The van der Waals surface area contributed by atoms with E-state index in [1.54, 1.807) is 7.11 Å². The van der Waals surface area contributed by atoms with Crippen LogP contribution in [0.3, 0.4) is 0 Å². The summed E-state index contributed by atoms with van der Waals surface area (Å²) in [6, 6.07) is 1.88. The predicted molar refractivity (Wildman–Crippen MR) is 60.3 cm³/mol. The molecular weight excluding hydrogens is 212 g/mol. The molecule has 0 aromatic carbocycles. The van der Waals surface area contributed by atoms with Crippen LogP contribution in [0.15, 0.2) is 6.07 Å². The molecule has 1 aromatic heterocycles. The van der Waals surface area contributed by atoms with Crippen molar-refractivity contribution in [2.75, 3.05) is 7.11 Å². The van der Waals surface area contributed by atoms with E-state index in [0.717, 1.165) is 16.3 Å². The Bertz CT molecular complexity index is 364. The molecule has 1 fully saturated rings. The lowest BCUT2D eigenvalue weighted by molar-refractivity contribution is 0.375. The van der Waals surface area contributed by atoms with Gasteiger partial charge in [0.2, 0.25) is 5.88 Å². The summed E-state index contributed by atoms with van der Waals surface area (Å²) < 4.78 is 5.20. The molecule has 0 atom stereocenters. The molecule has 0 bridgehead atoms. The van der Waals surface area contributed by atoms with E-state index in [2.05, 4.69) is 4.98 Å². The Morgan fingerprint density at radius 1 is 1.60 bits per heavy atom. The zero-order valence-corrected chi connectivity index (χ0v) is 9.55. The fourth-order valence-corrected chi connectivity index (χ4v) is 2.14. The fraction of sp³-hybridized carbons (Fsp3) is 0.545. The number of rotatable bonds is 3. The number of hydrogen-bond donors (Lipinski definition) is 1. The quantitative estimate of drug-likeness (QED) is 0.862. The fourth-order valence-electron chi connectivity index (χ4n) is 1.81. The van der Waals surface area contributed by atoms with E-state index in [1.165, 1.54) is 19.3 Å². The second kappa shape index (κ2) is 4.37. The summed E-state index contributed by atoms with van der Waals surface area (Å²) in [6.07, 6.45) is 3.62. The third-order valence-corrected chi connectivity index (χ3v) is 3.25. The van der Waals surface area contributed by atoms with E-state index in [4.69, 9.17) is 22.1 Å². The highest BCUT2D eigenvalue weighted by atomic mass is 35.5. The smallest absolute Gasteiger partial charge is 0.217 e. The van der Waals surface area contributed by atoms with Crippen LogP contribution in [0.5, 0.6) is 5.88 Å². The summed E-state index contributed by atoms with van der Waals surface area (Å²) in [4.78, 5) is 4.45. The molecule has 15 heavy (non-hydrogen) atoms. The molecule has 2 N–H and O–H groups in total. The number of pyridine rings is 1. The molecule has 2 rings (SSSR count). The molecule has 1 heterocycles. The first-order chi connectivity index (χ1) is 7.26. The molecule has 0 radical (unpaired) electrons. The maximum Gasteiger partial charge on any atom is 0.217 e. The van der Waals surface area contributed by atoms with Gasteiger partial charge in [0.15, 0.2) is 0 Å². The third-order valence-electron chi connectivity index (χ3n) is 2.95. The van der Waals surface area contributed by atoms with Crippen LogP contribution < -0.4 is 10.5 Å². The SMILES string of the molecule is COc1nc(C2CCC2)c(Cl)cc1CN. The Kier molecular flexibility index (Phi) is 3.12. The van der Waals surface area contributed by atoms with E-state index >= 15 is 0 Å². The van der Waals surface area contributed by atoms with Gasteiger partial charge in [-0.2, -0.15) is 0 Å². The van der Waals surface area contributed by atoms with Gasteiger partial charge in [-0.25, -0.2) is 4.98 Å². The monoisotopic (exact) mass is 226 g/mol. The Morgan fingerprint density at radius 2 is 2.33 bits per heavy atom. The zero-order chi connectivity index (χ0) is 10.8. The van der Waals surface area contributed by atoms with E-state index in [0.29, 0.717) is 18.3 Å². The highest BCUT2D eigenvalue weighted by Gasteiger charge is 2.24. The normalized spacial score (nSPS) is 16.2. The van der Waals surface area contributed by atoms with Crippen molar-refractivity contribution in [3.8, 4) is 5.88 Å². The summed E-state index contributed by atoms with van der Waals surface area (Å²) in [5, 5.41) is 0.723. The van der Waals surface area contributed by atoms with Crippen molar-refractivity contribution in [1.29, 1.82) is 0 Å². The maximum atomic E-state index is 6.17. The maximum absolute atomic E-state index is 6.17. The second-order valence-electron chi connectivity index (χ2n) is 3.86. The average molecular weight is 227 g/mol. The highest BCUT2D eigenvalue weighted by Crippen LogP contribution is 2.40. The molecule has 3 nitrogen and oxygen atoms in total. The number of ether oxygens (including phenoxy) is 1. The minimum atomic E-state index is 0.404. The van der Waals surface area contributed by atoms with Gasteiger partial charge in [-0.3, -0.25) is 0 Å². The topological polar surface area (TPSA) is 48.1 Å². The number of aromatic nitrogens is 1. The van der Waals surface area contributed by atoms with Crippen molar-refractivity contribution in [2.24, 2.45) is 5.73 Å². The van der Waals surface area contributed by atoms with E-state index in [-0.39, 0.29) is 0 Å². The molecule has 0 aliphatic heterocycles. The van der Waals surface area contributed by atoms with Crippen molar-refractivity contribution in [3.63, 3.8) is 0 Å². The van der Waals surface area contributed by atoms with Gasteiger partial charge >= 0.3 is 0 Å². The number of hydrogen-bond acceptors (Lipinski definition) is 3. The highest BCUT2D eigenvalue weighted by molar-refractivity contribution is 6.31. The zero-order valence-electron chi connectivity index (χ0n) is 8.79. The van der Waals surface area contributed by atoms with Crippen molar-refractivity contribution in [2.45, 2.75) is 31.7 Å². The van der Waals surface area contributed by atoms with Gasteiger partial charge < -0.3 is 10.5 Å². The first-order valence-electron chi connectivity index (χ1n) is 5.19. The summed E-state index contributed by atoms with van der Waals surface area (Å²) in [6.45, 7) is 0.404. The molecule has 1 saturated carbocycles. The van der Waals surface area contributed by atoms with Crippen LogP contribution in [0.1, 0.15) is 36.4 Å². The van der Waals surface area contributed by atoms with Crippen molar-refractivity contribution >= 4 is 11.6 Å². The summed E-state index contributed by atoms with van der Waals surface area (Å²) in [5.41, 5.74) is 7.42. The van der Waals surface area contributed by atoms with Gasteiger partial charge in [0.05, 0.1) is 17.8 Å². The molecule has 82 valence electrons. The van der Waals surface area contributed by atoms with Gasteiger partial charge in [0.25, 0.3) is 0 Å². The van der Waals surface area contributed by atoms with Crippen molar-refractivity contribution in [1.82, 2.24) is 4.98 Å². The van der Waals surface area contributed by atoms with Crippen LogP contribution in [0.4, 0.5) is 0 Å². The van der Waals surface area contributed by atoms with Gasteiger partial charge in [0, 0.05) is 18.0 Å².